The van der Waals surface area contributed by atoms with E-state index in [1.807, 2.05) is 0 Å². The summed E-state index contributed by atoms with van der Waals surface area (Å²) in [6.07, 6.45) is 4.61. The van der Waals surface area contributed by atoms with Crippen LogP contribution in [0.2, 0.25) is 0 Å². The van der Waals surface area contributed by atoms with Crippen LogP contribution < -0.4 is 4.90 Å². The number of nitrogens with zero attached hydrogens (tertiary/aromatic N) is 2. The lowest BCUT2D eigenvalue weighted by Crippen LogP contribution is -2.53. The Kier molecular flexibility index (Phi) is 4.14. The molecule has 1 saturated heterocycles. The smallest absolute Gasteiger partial charge is 0.250 e. The number of likely N-dealkylation sites (tertiary alicyclic amines) is 1. The van der Waals surface area contributed by atoms with Crippen molar-refractivity contribution in [3.63, 3.8) is 0 Å². The molecule has 22 heavy (non-hydrogen) atoms. The summed E-state index contributed by atoms with van der Waals surface area (Å²) in [5, 5.41) is 0. The molecular weight excluding hydrogens is 283 g/mol. The fourth-order valence-electron chi connectivity index (χ4n) is 3.33. The average Bonchev–Trinajstić information content (AvgIpc) is 2.92. The Bertz CT molecular complexity index is 569. The third-order valence-corrected chi connectivity index (χ3v) is 4.72. The van der Waals surface area contributed by atoms with Crippen LogP contribution in [0.5, 0.6) is 0 Å². The summed E-state index contributed by atoms with van der Waals surface area (Å²) in [5.41, 5.74) is 0.728. The van der Waals surface area contributed by atoms with E-state index in [1.165, 1.54) is 19.1 Å². The standard InChI is InChI=1S/C17H21FN2O2/c1-12(21)19-11-3-6-16(19)17(22)20(14-4-2-5-14)15-9-7-13(18)8-10-15/h7-10,14,16H,2-6,11H2,1H3/t16-/m1/s1. The molecule has 1 aliphatic heterocycles. The molecule has 118 valence electrons. The number of carbonyl (C=O) groups is 2. The quantitative estimate of drug-likeness (QED) is 0.861. The number of carbonyl (C=O) groups excluding carboxylic acids is 2. The van der Waals surface area contributed by atoms with Crippen molar-refractivity contribution in [2.24, 2.45) is 0 Å². The van der Waals surface area contributed by atoms with Crippen LogP contribution in [-0.4, -0.2) is 35.3 Å². The molecule has 2 aliphatic rings. The summed E-state index contributed by atoms with van der Waals surface area (Å²) in [7, 11) is 0. The monoisotopic (exact) mass is 304 g/mol. The number of benzene rings is 1. The van der Waals surface area contributed by atoms with Crippen molar-refractivity contribution < 1.29 is 14.0 Å². The molecule has 0 spiro atoms. The molecule has 1 aromatic carbocycles. The van der Waals surface area contributed by atoms with Crippen LogP contribution in [0, 0.1) is 5.82 Å². The van der Waals surface area contributed by atoms with Gasteiger partial charge in [0.2, 0.25) is 11.8 Å². The highest BCUT2D eigenvalue weighted by Gasteiger charge is 2.39. The van der Waals surface area contributed by atoms with Crippen LogP contribution in [0.3, 0.4) is 0 Å². The van der Waals surface area contributed by atoms with Gasteiger partial charge in [-0.25, -0.2) is 4.39 Å². The van der Waals surface area contributed by atoms with Gasteiger partial charge in [0.05, 0.1) is 0 Å². The Morgan fingerprint density at radius 1 is 1.14 bits per heavy atom. The maximum absolute atomic E-state index is 13.2. The largest absolute Gasteiger partial charge is 0.331 e. The number of hydrogen-bond acceptors (Lipinski definition) is 2. The Hall–Kier alpha value is -1.91. The summed E-state index contributed by atoms with van der Waals surface area (Å²) in [6, 6.07) is 5.87. The summed E-state index contributed by atoms with van der Waals surface area (Å²) in [6.45, 7) is 2.16. The highest BCUT2D eigenvalue weighted by Crippen LogP contribution is 2.32. The van der Waals surface area contributed by atoms with Gasteiger partial charge in [-0.2, -0.15) is 0 Å². The lowest BCUT2D eigenvalue weighted by molar-refractivity contribution is -0.136. The molecule has 2 amide bonds. The Balaban J connectivity index is 1.87. The highest BCUT2D eigenvalue weighted by atomic mass is 19.1. The van der Waals surface area contributed by atoms with Gasteiger partial charge in [-0.1, -0.05) is 0 Å². The summed E-state index contributed by atoms with van der Waals surface area (Å²) in [5.74, 6) is -0.386. The van der Waals surface area contributed by atoms with Crippen molar-refractivity contribution in [3.8, 4) is 0 Å². The molecule has 0 radical (unpaired) electrons. The SMILES string of the molecule is CC(=O)N1CCC[C@@H]1C(=O)N(c1ccc(F)cc1)C1CCC1. The summed E-state index contributed by atoms with van der Waals surface area (Å²) < 4.78 is 13.2. The minimum absolute atomic E-state index is 0.0241. The molecule has 0 N–H and O–H groups in total. The third-order valence-electron chi connectivity index (χ3n) is 4.72. The zero-order valence-electron chi connectivity index (χ0n) is 12.8. The van der Waals surface area contributed by atoms with Gasteiger partial charge < -0.3 is 9.80 Å². The van der Waals surface area contributed by atoms with Crippen LogP contribution in [0.1, 0.15) is 39.0 Å². The van der Waals surface area contributed by atoms with Crippen LogP contribution in [0.15, 0.2) is 24.3 Å². The third kappa shape index (κ3) is 2.72. The normalized spacial score (nSPS) is 21.5. The first-order valence-electron chi connectivity index (χ1n) is 7.94. The second-order valence-electron chi connectivity index (χ2n) is 6.14. The Morgan fingerprint density at radius 3 is 2.36 bits per heavy atom. The van der Waals surface area contributed by atoms with Crippen LogP contribution in [-0.2, 0) is 9.59 Å². The average molecular weight is 304 g/mol. The minimum atomic E-state index is -0.372. The predicted molar refractivity (Wildman–Crippen MR) is 81.9 cm³/mol. The van der Waals surface area contributed by atoms with Crippen molar-refractivity contribution in [2.45, 2.75) is 51.1 Å². The molecular formula is C17H21FN2O2. The fraction of sp³-hybridized carbons (Fsp3) is 0.529. The Morgan fingerprint density at radius 2 is 1.82 bits per heavy atom. The maximum atomic E-state index is 13.2. The molecule has 5 heteroatoms. The molecule has 1 atom stereocenters. The van der Waals surface area contributed by atoms with Gasteiger partial charge in [-0.05, 0) is 56.4 Å². The zero-order valence-corrected chi connectivity index (χ0v) is 12.8. The van der Waals surface area contributed by atoms with Crippen molar-refractivity contribution in [1.29, 1.82) is 0 Å². The highest BCUT2D eigenvalue weighted by molar-refractivity contribution is 5.99. The lowest BCUT2D eigenvalue weighted by Gasteiger charge is -2.40. The Labute approximate surface area is 129 Å². The van der Waals surface area contributed by atoms with Crippen LogP contribution >= 0.6 is 0 Å². The van der Waals surface area contributed by atoms with E-state index < -0.39 is 0 Å². The number of rotatable bonds is 3. The van der Waals surface area contributed by atoms with Gasteiger partial charge in [-0.3, -0.25) is 9.59 Å². The molecule has 0 unspecified atom stereocenters. The number of hydrogen-bond donors (Lipinski definition) is 0. The van der Waals surface area contributed by atoms with E-state index >= 15 is 0 Å². The first kappa shape index (κ1) is 15.0. The van der Waals surface area contributed by atoms with E-state index in [-0.39, 0.29) is 29.7 Å². The molecule has 0 aromatic heterocycles. The van der Waals surface area contributed by atoms with Crippen molar-refractivity contribution in [3.05, 3.63) is 30.1 Å². The van der Waals surface area contributed by atoms with Crippen LogP contribution in [0.4, 0.5) is 10.1 Å². The van der Waals surface area contributed by atoms with Gasteiger partial charge in [0.25, 0.3) is 0 Å². The second-order valence-corrected chi connectivity index (χ2v) is 6.14. The topological polar surface area (TPSA) is 40.6 Å². The van der Waals surface area contributed by atoms with Crippen molar-refractivity contribution in [2.75, 3.05) is 11.4 Å². The first-order chi connectivity index (χ1) is 10.6. The summed E-state index contributed by atoms with van der Waals surface area (Å²) in [4.78, 5) is 28.2. The van der Waals surface area contributed by atoms with E-state index in [0.717, 1.165) is 31.4 Å². The van der Waals surface area contributed by atoms with Gasteiger partial charge in [0.15, 0.2) is 0 Å². The lowest BCUT2D eigenvalue weighted by atomic mass is 9.90. The number of anilines is 1. The van der Waals surface area contributed by atoms with E-state index in [1.54, 1.807) is 21.9 Å². The van der Waals surface area contributed by atoms with E-state index in [4.69, 9.17) is 0 Å². The van der Waals surface area contributed by atoms with Crippen molar-refractivity contribution in [1.82, 2.24) is 4.90 Å². The molecule has 4 nitrogen and oxygen atoms in total. The molecule has 3 rings (SSSR count). The molecule has 1 saturated carbocycles. The minimum Gasteiger partial charge on any atom is -0.331 e. The zero-order chi connectivity index (χ0) is 15.7. The molecule has 1 heterocycles. The second kappa shape index (κ2) is 6.07. The van der Waals surface area contributed by atoms with Crippen molar-refractivity contribution >= 4 is 17.5 Å². The first-order valence-corrected chi connectivity index (χ1v) is 7.94. The molecule has 2 fully saturated rings. The van der Waals surface area contributed by atoms with Gasteiger partial charge >= 0.3 is 0 Å². The van der Waals surface area contributed by atoms with Crippen LogP contribution in [0.25, 0.3) is 0 Å². The fourth-order valence-corrected chi connectivity index (χ4v) is 3.33. The molecule has 0 bridgehead atoms. The van der Waals surface area contributed by atoms with Gasteiger partial charge in [0.1, 0.15) is 11.9 Å². The summed E-state index contributed by atoms with van der Waals surface area (Å²) >= 11 is 0. The predicted octanol–water partition coefficient (Wildman–Crippen LogP) is 2.72. The number of amides is 2. The van der Waals surface area contributed by atoms with Gasteiger partial charge in [-0.15, -0.1) is 0 Å². The molecule has 1 aliphatic carbocycles. The maximum Gasteiger partial charge on any atom is 0.250 e. The number of halogens is 1. The van der Waals surface area contributed by atoms with E-state index in [9.17, 15) is 14.0 Å². The van der Waals surface area contributed by atoms with E-state index in [0.29, 0.717) is 13.0 Å². The van der Waals surface area contributed by atoms with Gasteiger partial charge in [0, 0.05) is 25.2 Å². The van der Waals surface area contributed by atoms with E-state index in [2.05, 4.69) is 0 Å². The molecule has 1 aromatic rings.